The van der Waals surface area contributed by atoms with E-state index in [0.29, 0.717) is 44.3 Å². The number of hydrogen-bond acceptors (Lipinski definition) is 3. The summed E-state index contributed by atoms with van der Waals surface area (Å²) in [6.07, 6.45) is 3.18. The van der Waals surface area contributed by atoms with Crippen molar-refractivity contribution in [2.24, 2.45) is 5.92 Å². The summed E-state index contributed by atoms with van der Waals surface area (Å²) in [7, 11) is 0. The third kappa shape index (κ3) is 7.14. The molecule has 1 aliphatic rings. The van der Waals surface area contributed by atoms with Gasteiger partial charge in [-0.15, -0.1) is 0 Å². The Morgan fingerprint density at radius 2 is 1.65 bits per heavy atom. The highest BCUT2D eigenvalue weighted by molar-refractivity contribution is 5.97. The molecule has 182 valence electrons. The summed E-state index contributed by atoms with van der Waals surface area (Å²) < 4.78 is 13.2. The molecule has 0 unspecified atom stereocenters. The predicted octanol–water partition coefficient (Wildman–Crippen LogP) is 3.71. The summed E-state index contributed by atoms with van der Waals surface area (Å²) in [6, 6.07) is 14.5. The van der Waals surface area contributed by atoms with Crippen LogP contribution in [0.3, 0.4) is 0 Å². The van der Waals surface area contributed by atoms with E-state index in [2.05, 4.69) is 10.6 Å². The number of carbonyl (C=O) groups excluding carboxylic acids is 3. The third-order valence-corrected chi connectivity index (χ3v) is 6.51. The van der Waals surface area contributed by atoms with Gasteiger partial charge in [0.25, 0.3) is 5.91 Å². The molecule has 7 heteroatoms. The van der Waals surface area contributed by atoms with Crippen molar-refractivity contribution in [2.75, 3.05) is 13.1 Å². The van der Waals surface area contributed by atoms with Crippen molar-refractivity contribution in [3.8, 4) is 0 Å². The van der Waals surface area contributed by atoms with Gasteiger partial charge in [0.15, 0.2) is 0 Å². The van der Waals surface area contributed by atoms with E-state index < -0.39 is 17.8 Å². The van der Waals surface area contributed by atoms with E-state index in [1.165, 1.54) is 24.3 Å². The minimum absolute atomic E-state index is 0.0163. The molecule has 0 aliphatic carbocycles. The molecule has 1 heterocycles. The average molecular weight is 468 g/mol. The number of rotatable bonds is 9. The van der Waals surface area contributed by atoms with Crippen LogP contribution in [-0.4, -0.2) is 47.8 Å². The molecule has 0 aromatic heterocycles. The number of halogens is 1. The second-order valence-electron chi connectivity index (χ2n) is 8.98. The zero-order valence-corrected chi connectivity index (χ0v) is 19.9. The highest BCUT2D eigenvalue weighted by Crippen LogP contribution is 2.23. The molecular weight excluding hydrogens is 433 g/mol. The van der Waals surface area contributed by atoms with Crippen molar-refractivity contribution >= 4 is 17.7 Å². The Labute approximate surface area is 200 Å². The Morgan fingerprint density at radius 1 is 1.00 bits per heavy atom. The molecule has 3 rings (SSSR count). The topological polar surface area (TPSA) is 78.5 Å². The molecule has 1 fully saturated rings. The van der Waals surface area contributed by atoms with E-state index in [1.54, 1.807) is 0 Å². The number of carbonyl (C=O) groups is 3. The molecule has 2 aromatic carbocycles. The summed E-state index contributed by atoms with van der Waals surface area (Å²) in [5.74, 6) is -1.04. The summed E-state index contributed by atoms with van der Waals surface area (Å²) in [5, 5.41) is 5.84. The number of aryl methyl sites for hydroxylation is 1. The molecule has 0 saturated carbocycles. The number of amides is 3. The normalized spacial score (nSPS) is 15.9. The number of likely N-dealkylation sites (tertiary alicyclic amines) is 1. The Hall–Kier alpha value is -3.22. The largest absolute Gasteiger partial charge is 0.352 e. The minimum atomic E-state index is -0.715. The summed E-state index contributed by atoms with van der Waals surface area (Å²) in [6.45, 7) is 5.01. The summed E-state index contributed by atoms with van der Waals surface area (Å²) in [4.78, 5) is 40.4. The highest BCUT2D eigenvalue weighted by atomic mass is 19.1. The van der Waals surface area contributed by atoms with Crippen molar-refractivity contribution in [2.45, 2.75) is 58.0 Å². The van der Waals surface area contributed by atoms with Crippen LogP contribution in [0.15, 0.2) is 54.6 Å². The van der Waals surface area contributed by atoms with Gasteiger partial charge in [0.05, 0.1) is 0 Å². The molecule has 2 N–H and O–H groups in total. The average Bonchev–Trinajstić information content (AvgIpc) is 2.86. The van der Waals surface area contributed by atoms with Crippen LogP contribution in [0, 0.1) is 11.7 Å². The maximum absolute atomic E-state index is 13.2. The van der Waals surface area contributed by atoms with Gasteiger partial charge in [-0.3, -0.25) is 14.4 Å². The van der Waals surface area contributed by atoms with Crippen molar-refractivity contribution in [1.82, 2.24) is 15.5 Å². The van der Waals surface area contributed by atoms with Gasteiger partial charge in [0, 0.05) is 31.1 Å². The minimum Gasteiger partial charge on any atom is -0.352 e. The molecule has 0 bridgehead atoms. The molecule has 3 amide bonds. The van der Waals surface area contributed by atoms with Gasteiger partial charge >= 0.3 is 0 Å². The van der Waals surface area contributed by atoms with E-state index in [1.807, 2.05) is 49.1 Å². The fourth-order valence-corrected chi connectivity index (χ4v) is 4.19. The van der Waals surface area contributed by atoms with E-state index in [-0.39, 0.29) is 23.8 Å². The lowest BCUT2D eigenvalue weighted by Gasteiger charge is -2.36. The third-order valence-electron chi connectivity index (χ3n) is 6.51. The number of hydrogen-bond donors (Lipinski definition) is 2. The van der Waals surface area contributed by atoms with Crippen molar-refractivity contribution in [1.29, 1.82) is 0 Å². The first-order valence-electron chi connectivity index (χ1n) is 12.1. The molecule has 0 spiro atoms. The van der Waals surface area contributed by atoms with Crippen LogP contribution in [0.5, 0.6) is 0 Å². The maximum Gasteiger partial charge on any atom is 0.251 e. The summed E-state index contributed by atoms with van der Waals surface area (Å²) >= 11 is 0. The first kappa shape index (κ1) is 25.4. The van der Waals surface area contributed by atoms with Gasteiger partial charge < -0.3 is 15.5 Å². The fourth-order valence-electron chi connectivity index (χ4n) is 4.19. The van der Waals surface area contributed by atoms with Gasteiger partial charge in [-0.2, -0.15) is 0 Å². The van der Waals surface area contributed by atoms with E-state index in [9.17, 15) is 18.8 Å². The molecule has 2 aromatic rings. The van der Waals surface area contributed by atoms with E-state index in [4.69, 9.17) is 0 Å². The second-order valence-corrected chi connectivity index (χ2v) is 8.98. The van der Waals surface area contributed by atoms with Crippen molar-refractivity contribution < 1.29 is 18.8 Å². The van der Waals surface area contributed by atoms with Crippen LogP contribution in [-0.2, 0) is 16.0 Å². The first-order chi connectivity index (χ1) is 16.4. The fraction of sp³-hybridized carbons (Fsp3) is 0.444. The van der Waals surface area contributed by atoms with Crippen LogP contribution in [0.2, 0.25) is 0 Å². The quantitative estimate of drug-likeness (QED) is 0.590. The first-order valence-corrected chi connectivity index (χ1v) is 12.1. The van der Waals surface area contributed by atoms with Gasteiger partial charge in [0.2, 0.25) is 11.8 Å². The van der Waals surface area contributed by atoms with Gasteiger partial charge in [-0.1, -0.05) is 37.3 Å². The zero-order chi connectivity index (χ0) is 24.5. The van der Waals surface area contributed by atoms with Gasteiger partial charge in [-0.25, -0.2) is 4.39 Å². The van der Waals surface area contributed by atoms with Gasteiger partial charge in [-0.05, 0) is 68.4 Å². The molecule has 6 nitrogen and oxygen atoms in total. The Kier molecular flexibility index (Phi) is 9.19. The van der Waals surface area contributed by atoms with Gasteiger partial charge in [0.1, 0.15) is 11.9 Å². The van der Waals surface area contributed by atoms with E-state index in [0.717, 1.165) is 12.0 Å². The lowest BCUT2D eigenvalue weighted by atomic mass is 9.88. The molecule has 1 saturated heterocycles. The number of nitrogens with one attached hydrogen (secondary N) is 2. The molecule has 2 atom stereocenters. The molecule has 0 radical (unpaired) electrons. The maximum atomic E-state index is 13.2. The SMILES string of the molecule is CC[C@@H](C)NC(=O)[C@H](NC(=O)c1ccc(F)cc1)C1CCN(C(=O)CCc2ccccc2)CC1. The molecular formula is C27H34FN3O3. The van der Waals surface area contributed by atoms with Crippen LogP contribution >= 0.6 is 0 Å². The standard InChI is InChI=1S/C27H34FN3O3/c1-3-19(2)29-27(34)25(30-26(33)22-10-12-23(28)13-11-22)21-15-17-31(18-16-21)24(32)14-9-20-7-5-4-6-8-20/h4-8,10-13,19,21,25H,3,9,14-18H2,1-2H3,(H,29,34)(H,30,33)/t19-,25-/m1/s1. The smallest absolute Gasteiger partial charge is 0.251 e. The van der Waals surface area contributed by atoms with Crippen molar-refractivity contribution in [3.63, 3.8) is 0 Å². The molecule has 34 heavy (non-hydrogen) atoms. The highest BCUT2D eigenvalue weighted by Gasteiger charge is 2.34. The van der Waals surface area contributed by atoms with E-state index >= 15 is 0 Å². The lowest BCUT2D eigenvalue weighted by Crippen LogP contribution is -2.55. The summed E-state index contributed by atoms with van der Waals surface area (Å²) in [5.41, 5.74) is 1.44. The molecule has 1 aliphatic heterocycles. The second kappa shape index (κ2) is 12.3. The number of benzene rings is 2. The lowest BCUT2D eigenvalue weighted by molar-refractivity contribution is -0.133. The zero-order valence-electron chi connectivity index (χ0n) is 19.9. The number of nitrogens with zero attached hydrogens (tertiary/aromatic N) is 1. The van der Waals surface area contributed by atoms with Crippen LogP contribution in [0.4, 0.5) is 4.39 Å². The Morgan fingerprint density at radius 3 is 2.26 bits per heavy atom. The van der Waals surface area contributed by atoms with Crippen LogP contribution in [0.25, 0.3) is 0 Å². The van der Waals surface area contributed by atoms with Crippen LogP contribution in [0.1, 0.15) is 55.5 Å². The number of piperidine rings is 1. The predicted molar refractivity (Wildman–Crippen MR) is 130 cm³/mol. The monoisotopic (exact) mass is 467 g/mol. The Balaban J connectivity index is 1.61. The van der Waals surface area contributed by atoms with Crippen LogP contribution < -0.4 is 10.6 Å². The Bertz CT molecular complexity index is 957. The van der Waals surface area contributed by atoms with Crippen molar-refractivity contribution in [3.05, 3.63) is 71.5 Å².